The third-order valence-electron chi connectivity index (χ3n) is 4.10. The normalized spacial score (nSPS) is 26.1. The number of rotatable bonds is 4. The van der Waals surface area contributed by atoms with Crippen LogP contribution in [0.2, 0.25) is 0 Å². The van der Waals surface area contributed by atoms with Crippen molar-refractivity contribution in [1.82, 2.24) is 19.9 Å². The average Bonchev–Trinajstić information content (AvgIpc) is 2.90. The van der Waals surface area contributed by atoms with Gasteiger partial charge in [-0.3, -0.25) is 10.3 Å². The van der Waals surface area contributed by atoms with Gasteiger partial charge in [0.1, 0.15) is 0 Å². The predicted octanol–water partition coefficient (Wildman–Crippen LogP) is 0.204. The number of nitrogens with two attached hydrogens (primary N) is 1. The van der Waals surface area contributed by atoms with E-state index in [1.165, 1.54) is 32.9 Å². The first kappa shape index (κ1) is 13.3. The number of nitrogens with zero attached hydrogens (tertiary/aromatic N) is 4. The molecule has 0 bridgehead atoms. The minimum Gasteiger partial charge on any atom is -0.467 e. The Morgan fingerprint density at radius 3 is 2.80 bits per heavy atom. The molecule has 0 aliphatic carbocycles. The van der Waals surface area contributed by atoms with Crippen LogP contribution in [0.3, 0.4) is 0 Å². The summed E-state index contributed by atoms with van der Waals surface area (Å²) in [6.45, 7) is 2.35. The number of aromatic nitrogens is 3. The molecule has 3 heterocycles. The second-order valence-corrected chi connectivity index (χ2v) is 5.25. The Morgan fingerprint density at radius 2 is 2.00 bits per heavy atom. The van der Waals surface area contributed by atoms with Gasteiger partial charge in [-0.15, -0.1) is 0 Å². The molecule has 8 nitrogen and oxygen atoms in total. The third-order valence-corrected chi connectivity index (χ3v) is 4.10. The zero-order chi connectivity index (χ0) is 13.9. The number of ether oxygens (including phenoxy) is 1. The lowest BCUT2D eigenvalue weighted by atomic mass is 9.99. The van der Waals surface area contributed by atoms with Crippen LogP contribution >= 0.6 is 0 Å². The quantitative estimate of drug-likeness (QED) is 0.531. The van der Waals surface area contributed by atoms with E-state index >= 15 is 0 Å². The second-order valence-electron chi connectivity index (χ2n) is 5.25. The maximum atomic E-state index is 5.36. The molecule has 1 aromatic heterocycles. The van der Waals surface area contributed by atoms with E-state index in [0.717, 1.165) is 13.0 Å². The molecule has 2 saturated heterocycles. The van der Waals surface area contributed by atoms with Crippen LogP contribution in [-0.2, 0) is 0 Å². The highest BCUT2D eigenvalue weighted by Gasteiger charge is 2.35. The van der Waals surface area contributed by atoms with Crippen LogP contribution in [0, 0.1) is 0 Å². The number of nitrogens with one attached hydrogen (secondary N) is 2. The molecule has 0 saturated carbocycles. The number of piperidine rings is 1. The van der Waals surface area contributed by atoms with E-state index in [1.807, 2.05) is 0 Å². The van der Waals surface area contributed by atoms with Crippen LogP contribution < -0.4 is 21.3 Å². The van der Waals surface area contributed by atoms with E-state index in [0.29, 0.717) is 24.0 Å². The summed E-state index contributed by atoms with van der Waals surface area (Å²) in [7, 11) is 1.53. The summed E-state index contributed by atoms with van der Waals surface area (Å²) in [6.07, 6.45) is 4.96. The Kier molecular flexibility index (Phi) is 3.83. The van der Waals surface area contributed by atoms with Gasteiger partial charge in [0.15, 0.2) is 0 Å². The van der Waals surface area contributed by atoms with Gasteiger partial charge in [0.25, 0.3) is 0 Å². The summed E-state index contributed by atoms with van der Waals surface area (Å²) in [5.74, 6) is 6.18. The maximum absolute atomic E-state index is 5.36. The van der Waals surface area contributed by atoms with Crippen molar-refractivity contribution in [3.05, 3.63) is 0 Å². The highest BCUT2D eigenvalue weighted by atomic mass is 16.5. The van der Waals surface area contributed by atoms with Gasteiger partial charge in [0, 0.05) is 18.6 Å². The van der Waals surface area contributed by atoms with E-state index in [-0.39, 0.29) is 6.01 Å². The van der Waals surface area contributed by atoms with E-state index in [9.17, 15) is 0 Å². The van der Waals surface area contributed by atoms with Crippen LogP contribution in [-0.4, -0.2) is 52.1 Å². The van der Waals surface area contributed by atoms with E-state index in [1.54, 1.807) is 0 Å². The molecular formula is C12H21N7O. The van der Waals surface area contributed by atoms with Crippen molar-refractivity contribution in [3.8, 4) is 6.01 Å². The Labute approximate surface area is 118 Å². The van der Waals surface area contributed by atoms with Gasteiger partial charge in [0.2, 0.25) is 11.9 Å². The first-order chi connectivity index (χ1) is 9.80. The Morgan fingerprint density at radius 1 is 1.15 bits per heavy atom. The molecule has 20 heavy (non-hydrogen) atoms. The fraction of sp³-hybridized carbons (Fsp3) is 0.750. The lowest BCUT2D eigenvalue weighted by Crippen LogP contribution is -2.42. The van der Waals surface area contributed by atoms with Crippen molar-refractivity contribution >= 4 is 11.9 Å². The van der Waals surface area contributed by atoms with Crippen molar-refractivity contribution in [1.29, 1.82) is 0 Å². The SMILES string of the molecule is COc1nc(NN)nc(NC2CCN3CCCCC23)n1. The maximum Gasteiger partial charge on any atom is 0.322 e. The molecule has 1 aromatic rings. The van der Waals surface area contributed by atoms with Crippen LogP contribution in [0.15, 0.2) is 0 Å². The number of nitrogen functional groups attached to an aromatic ring is 1. The molecule has 2 fully saturated rings. The summed E-state index contributed by atoms with van der Waals surface area (Å²) in [6, 6.07) is 1.22. The summed E-state index contributed by atoms with van der Waals surface area (Å²) in [5, 5.41) is 3.41. The van der Waals surface area contributed by atoms with Crippen molar-refractivity contribution in [2.45, 2.75) is 37.8 Å². The predicted molar refractivity (Wildman–Crippen MR) is 75.4 cm³/mol. The van der Waals surface area contributed by atoms with Crippen LogP contribution in [0.1, 0.15) is 25.7 Å². The molecule has 0 spiro atoms. The minimum absolute atomic E-state index is 0.258. The van der Waals surface area contributed by atoms with Crippen molar-refractivity contribution < 1.29 is 4.74 Å². The van der Waals surface area contributed by atoms with Gasteiger partial charge in [-0.1, -0.05) is 6.42 Å². The van der Waals surface area contributed by atoms with E-state index < -0.39 is 0 Å². The first-order valence-electron chi connectivity index (χ1n) is 7.07. The molecule has 2 atom stereocenters. The summed E-state index contributed by atoms with van der Waals surface area (Å²) >= 11 is 0. The number of hydrogen-bond donors (Lipinski definition) is 3. The molecule has 2 unspecified atom stereocenters. The standard InChI is InChI=1S/C12H21N7O/c1-20-12-16-10(15-11(17-12)18-13)14-8-5-7-19-6-3-2-4-9(8)19/h8-9H,2-7,13H2,1H3,(H2,14,15,16,17,18). The fourth-order valence-electron chi connectivity index (χ4n) is 3.16. The van der Waals surface area contributed by atoms with Crippen LogP contribution in [0.25, 0.3) is 0 Å². The zero-order valence-corrected chi connectivity index (χ0v) is 11.7. The van der Waals surface area contributed by atoms with Gasteiger partial charge in [-0.2, -0.15) is 15.0 Å². The molecule has 3 rings (SSSR count). The number of hydrogen-bond acceptors (Lipinski definition) is 8. The lowest BCUT2D eigenvalue weighted by molar-refractivity contribution is 0.192. The molecule has 0 amide bonds. The van der Waals surface area contributed by atoms with Crippen LogP contribution in [0.4, 0.5) is 11.9 Å². The Bertz CT molecular complexity index is 447. The zero-order valence-electron chi connectivity index (χ0n) is 11.7. The molecule has 0 radical (unpaired) electrons. The van der Waals surface area contributed by atoms with E-state index in [4.69, 9.17) is 10.6 Å². The van der Waals surface area contributed by atoms with Crippen molar-refractivity contribution in [2.24, 2.45) is 5.84 Å². The largest absolute Gasteiger partial charge is 0.467 e. The number of methoxy groups -OCH3 is 1. The van der Waals surface area contributed by atoms with Crippen LogP contribution in [0.5, 0.6) is 6.01 Å². The molecule has 4 N–H and O–H groups in total. The smallest absolute Gasteiger partial charge is 0.322 e. The third kappa shape index (κ3) is 2.61. The number of fused-ring (bicyclic) bond motifs is 1. The minimum atomic E-state index is 0.258. The average molecular weight is 279 g/mol. The highest BCUT2D eigenvalue weighted by molar-refractivity contribution is 5.36. The highest BCUT2D eigenvalue weighted by Crippen LogP contribution is 2.29. The monoisotopic (exact) mass is 279 g/mol. The number of hydrazine groups is 1. The molecule has 0 aromatic carbocycles. The Balaban J connectivity index is 1.74. The van der Waals surface area contributed by atoms with E-state index in [2.05, 4.69) is 30.6 Å². The molecule has 8 heteroatoms. The number of anilines is 2. The topological polar surface area (TPSA) is 101 Å². The molecule has 2 aliphatic rings. The van der Waals surface area contributed by atoms with Gasteiger partial charge in [-0.25, -0.2) is 5.84 Å². The Hall–Kier alpha value is -1.67. The summed E-state index contributed by atoms with van der Waals surface area (Å²) in [4.78, 5) is 15.0. The van der Waals surface area contributed by atoms with Crippen molar-refractivity contribution in [3.63, 3.8) is 0 Å². The summed E-state index contributed by atoms with van der Waals surface area (Å²) < 4.78 is 5.06. The van der Waals surface area contributed by atoms with Gasteiger partial charge in [0.05, 0.1) is 7.11 Å². The molecular weight excluding hydrogens is 258 g/mol. The van der Waals surface area contributed by atoms with Gasteiger partial charge >= 0.3 is 6.01 Å². The second kappa shape index (κ2) is 5.76. The van der Waals surface area contributed by atoms with Gasteiger partial charge < -0.3 is 10.1 Å². The van der Waals surface area contributed by atoms with Crippen molar-refractivity contribution in [2.75, 3.05) is 30.9 Å². The fourth-order valence-corrected chi connectivity index (χ4v) is 3.16. The lowest BCUT2D eigenvalue weighted by Gasteiger charge is -2.32. The molecule has 110 valence electrons. The summed E-state index contributed by atoms with van der Waals surface area (Å²) in [5.41, 5.74) is 2.43. The first-order valence-corrected chi connectivity index (χ1v) is 7.07. The molecule has 2 aliphatic heterocycles. The van der Waals surface area contributed by atoms with Gasteiger partial charge in [-0.05, 0) is 25.8 Å².